The smallest absolute Gasteiger partial charge is 0.157 e. The van der Waals surface area contributed by atoms with Gasteiger partial charge in [0.1, 0.15) is 0 Å². The van der Waals surface area contributed by atoms with Crippen molar-refractivity contribution in [3.63, 3.8) is 0 Å². The zero-order valence-corrected chi connectivity index (χ0v) is 9.31. The lowest BCUT2D eigenvalue weighted by Crippen LogP contribution is -1.96. The Morgan fingerprint density at radius 2 is 2.06 bits per heavy atom. The van der Waals surface area contributed by atoms with Crippen LogP contribution >= 0.6 is 0 Å². The van der Waals surface area contributed by atoms with Gasteiger partial charge in [0.2, 0.25) is 0 Å². The lowest BCUT2D eigenvalue weighted by molar-refractivity contribution is -0.114. The van der Waals surface area contributed by atoms with Crippen molar-refractivity contribution >= 4 is 22.4 Å². The summed E-state index contributed by atoms with van der Waals surface area (Å²) in [4.78, 5) is 15.5. The Bertz CT molecular complexity index is 616. The molecule has 1 aliphatic rings. The van der Waals surface area contributed by atoms with Gasteiger partial charge in [-0.05, 0) is 18.6 Å². The summed E-state index contributed by atoms with van der Waals surface area (Å²) in [6.45, 7) is 0. The Labute approximate surface area is 99.2 Å². The topological polar surface area (TPSA) is 42.0 Å². The molecule has 0 saturated heterocycles. The Morgan fingerprint density at radius 3 is 2.88 bits per heavy atom. The third kappa shape index (κ3) is 2.04. The lowest BCUT2D eigenvalue weighted by Gasteiger charge is -2.07. The van der Waals surface area contributed by atoms with Crippen molar-refractivity contribution in [2.45, 2.75) is 12.8 Å². The van der Waals surface area contributed by atoms with E-state index in [1.165, 1.54) is 0 Å². The summed E-state index contributed by atoms with van der Waals surface area (Å²) >= 11 is 0. The Morgan fingerprint density at radius 1 is 1.18 bits per heavy atom. The average Bonchev–Trinajstić information content (AvgIpc) is 2.75. The standard InChI is InChI=1S/C14H12N2O/c17-13-6-5-11(8-13)16-12-7-10-3-1-2-4-14(10)15-9-12/h1-4,7-9,16H,5-6H2. The van der Waals surface area contributed by atoms with Gasteiger partial charge in [0, 0.05) is 23.6 Å². The minimum absolute atomic E-state index is 0.196. The second-order valence-electron chi connectivity index (χ2n) is 4.18. The number of allylic oxidation sites excluding steroid dienone is 2. The van der Waals surface area contributed by atoms with Crippen LogP contribution in [0, 0.1) is 0 Å². The number of carbonyl (C=O) groups is 1. The summed E-state index contributed by atoms with van der Waals surface area (Å²) in [5, 5.41) is 4.34. The van der Waals surface area contributed by atoms with Gasteiger partial charge in [-0.25, -0.2) is 0 Å². The number of para-hydroxylation sites is 1. The van der Waals surface area contributed by atoms with E-state index in [4.69, 9.17) is 0 Å². The van der Waals surface area contributed by atoms with Crippen molar-refractivity contribution in [3.05, 3.63) is 48.3 Å². The van der Waals surface area contributed by atoms with Crippen LogP contribution in [0.2, 0.25) is 0 Å². The third-order valence-corrected chi connectivity index (χ3v) is 2.87. The highest BCUT2D eigenvalue weighted by atomic mass is 16.1. The normalized spacial score (nSPS) is 15.1. The quantitative estimate of drug-likeness (QED) is 0.852. The molecule has 17 heavy (non-hydrogen) atoms. The fourth-order valence-electron chi connectivity index (χ4n) is 2.02. The fourth-order valence-corrected chi connectivity index (χ4v) is 2.02. The van der Waals surface area contributed by atoms with Crippen molar-refractivity contribution in [2.24, 2.45) is 0 Å². The molecule has 0 spiro atoms. The summed E-state index contributed by atoms with van der Waals surface area (Å²) in [6.07, 6.45) is 4.89. The van der Waals surface area contributed by atoms with E-state index >= 15 is 0 Å². The predicted octanol–water partition coefficient (Wildman–Crippen LogP) is 2.89. The van der Waals surface area contributed by atoms with Crippen LogP contribution < -0.4 is 5.32 Å². The van der Waals surface area contributed by atoms with Crippen LogP contribution in [0.5, 0.6) is 0 Å². The number of pyridine rings is 1. The molecule has 0 radical (unpaired) electrons. The highest BCUT2D eigenvalue weighted by molar-refractivity contribution is 5.93. The number of hydrogen-bond acceptors (Lipinski definition) is 3. The van der Waals surface area contributed by atoms with Crippen LogP contribution in [0.1, 0.15) is 12.8 Å². The Hall–Kier alpha value is -2.16. The number of nitrogens with zero attached hydrogens (tertiary/aromatic N) is 1. The van der Waals surface area contributed by atoms with Crippen molar-refractivity contribution in [2.75, 3.05) is 5.32 Å². The molecule has 84 valence electrons. The summed E-state index contributed by atoms with van der Waals surface area (Å²) in [5.41, 5.74) is 2.89. The molecule has 1 aromatic heterocycles. The number of carbonyl (C=O) groups excluding carboxylic acids is 1. The molecule has 1 aromatic carbocycles. The average molecular weight is 224 g/mol. The van der Waals surface area contributed by atoms with E-state index in [-0.39, 0.29) is 5.78 Å². The molecular formula is C14H12N2O. The van der Waals surface area contributed by atoms with Crippen LogP contribution in [0.25, 0.3) is 10.9 Å². The summed E-state index contributed by atoms with van der Waals surface area (Å²) < 4.78 is 0. The monoisotopic (exact) mass is 224 g/mol. The van der Waals surface area contributed by atoms with Gasteiger partial charge in [-0.15, -0.1) is 0 Å². The maximum Gasteiger partial charge on any atom is 0.157 e. The summed E-state index contributed by atoms with van der Waals surface area (Å²) in [6, 6.07) is 10.0. The van der Waals surface area contributed by atoms with Gasteiger partial charge in [-0.3, -0.25) is 9.78 Å². The molecule has 1 heterocycles. The summed E-state index contributed by atoms with van der Waals surface area (Å²) in [7, 11) is 0. The fraction of sp³-hybridized carbons (Fsp3) is 0.143. The number of aromatic nitrogens is 1. The van der Waals surface area contributed by atoms with Crippen molar-refractivity contribution in [1.82, 2.24) is 4.98 Å². The summed E-state index contributed by atoms with van der Waals surface area (Å²) in [5.74, 6) is 0.196. The van der Waals surface area contributed by atoms with Crippen molar-refractivity contribution in [1.29, 1.82) is 0 Å². The molecular weight excluding hydrogens is 212 g/mol. The van der Waals surface area contributed by atoms with Gasteiger partial charge in [-0.1, -0.05) is 18.2 Å². The zero-order chi connectivity index (χ0) is 11.7. The van der Waals surface area contributed by atoms with E-state index in [0.29, 0.717) is 6.42 Å². The molecule has 3 nitrogen and oxygen atoms in total. The maximum absolute atomic E-state index is 11.1. The first-order valence-electron chi connectivity index (χ1n) is 5.66. The molecule has 0 unspecified atom stereocenters. The van der Waals surface area contributed by atoms with Gasteiger partial charge in [0.15, 0.2) is 5.78 Å². The van der Waals surface area contributed by atoms with Crippen LogP contribution in [0.15, 0.2) is 48.3 Å². The molecule has 1 N–H and O–H groups in total. The number of hydrogen-bond donors (Lipinski definition) is 1. The predicted molar refractivity (Wildman–Crippen MR) is 67.7 cm³/mol. The van der Waals surface area contributed by atoms with E-state index < -0.39 is 0 Å². The molecule has 0 saturated carbocycles. The molecule has 0 bridgehead atoms. The zero-order valence-electron chi connectivity index (χ0n) is 9.31. The Kier molecular flexibility index (Phi) is 2.37. The number of ketones is 1. The van der Waals surface area contributed by atoms with E-state index in [1.807, 2.05) is 30.3 Å². The van der Waals surface area contributed by atoms with E-state index in [2.05, 4.69) is 10.3 Å². The molecule has 0 atom stereocenters. The van der Waals surface area contributed by atoms with Crippen LogP contribution in [0.4, 0.5) is 5.69 Å². The largest absolute Gasteiger partial charge is 0.358 e. The molecule has 3 rings (SSSR count). The molecule has 0 fully saturated rings. The van der Waals surface area contributed by atoms with E-state index in [9.17, 15) is 4.79 Å². The van der Waals surface area contributed by atoms with E-state index in [0.717, 1.165) is 28.7 Å². The number of anilines is 1. The molecule has 1 aliphatic carbocycles. The van der Waals surface area contributed by atoms with Gasteiger partial charge >= 0.3 is 0 Å². The van der Waals surface area contributed by atoms with Crippen LogP contribution in [-0.2, 0) is 4.79 Å². The number of benzene rings is 1. The minimum atomic E-state index is 0.196. The number of nitrogens with one attached hydrogen (secondary N) is 1. The molecule has 0 amide bonds. The number of rotatable bonds is 2. The van der Waals surface area contributed by atoms with Gasteiger partial charge < -0.3 is 5.32 Å². The van der Waals surface area contributed by atoms with Crippen LogP contribution in [0.3, 0.4) is 0 Å². The van der Waals surface area contributed by atoms with Crippen LogP contribution in [-0.4, -0.2) is 10.8 Å². The molecule has 3 heteroatoms. The highest BCUT2D eigenvalue weighted by Gasteiger charge is 2.11. The first-order valence-corrected chi connectivity index (χ1v) is 5.66. The maximum atomic E-state index is 11.1. The first-order chi connectivity index (χ1) is 8.31. The third-order valence-electron chi connectivity index (χ3n) is 2.87. The second kappa shape index (κ2) is 4.01. The molecule has 0 aliphatic heterocycles. The van der Waals surface area contributed by atoms with Crippen molar-refractivity contribution in [3.8, 4) is 0 Å². The second-order valence-corrected chi connectivity index (χ2v) is 4.18. The first kappa shape index (κ1) is 10.0. The van der Waals surface area contributed by atoms with Crippen molar-refractivity contribution < 1.29 is 4.79 Å². The minimum Gasteiger partial charge on any atom is -0.358 e. The van der Waals surface area contributed by atoms with Gasteiger partial charge in [-0.2, -0.15) is 0 Å². The lowest BCUT2D eigenvalue weighted by atomic mass is 10.2. The number of fused-ring (bicyclic) bond motifs is 1. The van der Waals surface area contributed by atoms with Gasteiger partial charge in [0.25, 0.3) is 0 Å². The highest BCUT2D eigenvalue weighted by Crippen LogP contribution is 2.21. The van der Waals surface area contributed by atoms with Gasteiger partial charge in [0.05, 0.1) is 17.4 Å². The van der Waals surface area contributed by atoms with E-state index in [1.54, 1.807) is 12.3 Å². The SMILES string of the molecule is O=C1C=C(Nc2cnc3ccccc3c2)CC1. The Balaban J connectivity index is 1.91. The molecule has 2 aromatic rings.